The van der Waals surface area contributed by atoms with Crippen molar-refractivity contribution in [3.05, 3.63) is 23.8 Å². The number of rotatable bonds is 9. The van der Waals surface area contributed by atoms with Crippen LogP contribution < -0.4 is 0 Å². The van der Waals surface area contributed by atoms with E-state index in [4.69, 9.17) is 0 Å². The molecule has 0 radical (unpaired) electrons. The van der Waals surface area contributed by atoms with Gasteiger partial charge in [0.2, 0.25) is 0 Å². The number of thiol groups is 2. The van der Waals surface area contributed by atoms with E-state index in [-0.39, 0.29) is 0 Å². The number of unbranched alkanes of at least 4 members (excludes halogenated alkanes) is 7. The molecule has 0 nitrogen and oxygen atoms in total. The smallest absolute Gasteiger partial charge is 0.0206 e. The molecule has 0 heterocycles. The molecule has 0 aliphatic heterocycles. The SMILES string of the molecule is CCCCCCCCCCc1cccc(S)c1S. The van der Waals surface area contributed by atoms with E-state index in [0.29, 0.717) is 0 Å². The van der Waals surface area contributed by atoms with Gasteiger partial charge < -0.3 is 0 Å². The molecule has 0 atom stereocenters. The Morgan fingerprint density at radius 1 is 0.833 bits per heavy atom. The van der Waals surface area contributed by atoms with Gasteiger partial charge in [-0.1, -0.05) is 64.0 Å². The van der Waals surface area contributed by atoms with Crippen LogP contribution >= 0.6 is 25.3 Å². The molecule has 0 amide bonds. The summed E-state index contributed by atoms with van der Waals surface area (Å²) in [6.45, 7) is 2.27. The summed E-state index contributed by atoms with van der Waals surface area (Å²) in [5, 5.41) is 0. The van der Waals surface area contributed by atoms with Crippen LogP contribution in [0.1, 0.15) is 63.9 Å². The first-order valence-corrected chi connectivity index (χ1v) is 8.15. The van der Waals surface area contributed by atoms with E-state index in [1.165, 1.54) is 56.9 Å². The summed E-state index contributed by atoms with van der Waals surface area (Å²) in [7, 11) is 0. The second kappa shape index (κ2) is 9.80. The normalized spacial score (nSPS) is 10.8. The van der Waals surface area contributed by atoms with Gasteiger partial charge in [0.25, 0.3) is 0 Å². The largest absolute Gasteiger partial charge is 0.142 e. The van der Waals surface area contributed by atoms with E-state index in [0.717, 1.165) is 16.2 Å². The van der Waals surface area contributed by atoms with Gasteiger partial charge >= 0.3 is 0 Å². The van der Waals surface area contributed by atoms with Crippen LogP contribution in [-0.4, -0.2) is 0 Å². The first-order chi connectivity index (χ1) is 8.75. The van der Waals surface area contributed by atoms with Gasteiger partial charge in [0.05, 0.1) is 0 Å². The molecule has 0 bridgehead atoms. The maximum atomic E-state index is 4.52. The van der Waals surface area contributed by atoms with Crippen molar-refractivity contribution >= 4 is 25.3 Å². The zero-order valence-corrected chi connectivity index (χ0v) is 13.3. The third-order valence-electron chi connectivity index (χ3n) is 3.40. The predicted molar refractivity (Wildman–Crippen MR) is 87.3 cm³/mol. The minimum atomic E-state index is 0.996. The average Bonchev–Trinajstić information content (AvgIpc) is 2.37. The molecule has 0 fully saturated rings. The van der Waals surface area contributed by atoms with Crippen LogP contribution in [0.3, 0.4) is 0 Å². The minimum absolute atomic E-state index is 0.996. The third-order valence-corrected chi connectivity index (χ3v) is 4.48. The van der Waals surface area contributed by atoms with Crippen molar-refractivity contribution in [2.75, 3.05) is 0 Å². The Labute approximate surface area is 123 Å². The summed E-state index contributed by atoms with van der Waals surface area (Å²) in [6.07, 6.45) is 12.1. The monoisotopic (exact) mass is 282 g/mol. The number of hydrogen-bond acceptors (Lipinski definition) is 2. The van der Waals surface area contributed by atoms with Gasteiger partial charge in [-0.3, -0.25) is 0 Å². The van der Waals surface area contributed by atoms with Gasteiger partial charge in [-0.25, -0.2) is 0 Å². The topological polar surface area (TPSA) is 0 Å². The summed E-state index contributed by atoms with van der Waals surface area (Å²) in [6, 6.07) is 6.24. The highest BCUT2D eigenvalue weighted by Gasteiger charge is 2.01. The molecule has 0 saturated carbocycles. The Bertz CT molecular complexity index is 334. The molecule has 0 spiro atoms. The molecule has 18 heavy (non-hydrogen) atoms. The van der Waals surface area contributed by atoms with Crippen molar-refractivity contribution in [2.24, 2.45) is 0 Å². The molecule has 1 rings (SSSR count). The van der Waals surface area contributed by atoms with Crippen LogP contribution in [0.4, 0.5) is 0 Å². The minimum Gasteiger partial charge on any atom is -0.142 e. The molecule has 0 aliphatic rings. The van der Waals surface area contributed by atoms with Crippen molar-refractivity contribution in [2.45, 2.75) is 74.5 Å². The van der Waals surface area contributed by atoms with Gasteiger partial charge in [0.15, 0.2) is 0 Å². The Morgan fingerprint density at radius 3 is 2.11 bits per heavy atom. The summed E-state index contributed by atoms with van der Waals surface area (Å²) in [4.78, 5) is 2.05. The molecule has 0 N–H and O–H groups in total. The Hall–Kier alpha value is -0.0800. The maximum Gasteiger partial charge on any atom is 0.0206 e. The number of aryl methyl sites for hydroxylation is 1. The highest BCUT2D eigenvalue weighted by Crippen LogP contribution is 2.23. The number of benzene rings is 1. The van der Waals surface area contributed by atoms with Crippen molar-refractivity contribution in [1.29, 1.82) is 0 Å². The van der Waals surface area contributed by atoms with Gasteiger partial charge in [0, 0.05) is 9.79 Å². The number of hydrogen-bond donors (Lipinski definition) is 2. The van der Waals surface area contributed by atoms with Crippen LogP contribution in [0.2, 0.25) is 0 Å². The van der Waals surface area contributed by atoms with Crippen LogP contribution in [0.25, 0.3) is 0 Å². The van der Waals surface area contributed by atoms with Crippen LogP contribution in [0, 0.1) is 0 Å². The molecule has 2 heteroatoms. The molecule has 0 aromatic heterocycles. The highest BCUT2D eigenvalue weighted by molar-refractivity contribution is 7.83. The first-order valence-electron chi connectivity index (χ1n) is 7.25. The van der Waals surface area contributed by atoms with Crippen molar-refractivity contribution in [1.82, 2.24) is 0 Å². The zero-order chi connectivity index (χ0) is 13.2. The second-order valence-corrected chi connectivity index (χ2v) is 5.94. The molecule has 102 valence electrons. The van der Waals surface area contributed by atoms with E-state index >= 15 is 0 Å². The molecule has 1 aromatic rings. The fourth-order valence-corrected chi connectivity index (χ4v) is 2.72. The van der Waals surface area contributed by atoms with Crippen LogP contribution in [0.5, 0.6) is 0 Å². The fourth-order valence-electron chi connectivity index (χ4n) is 2.23. The lowest BCUT2D eigenvalue weighted by atomic mass is 10.0. The summed E-state index contributed by atoms with van der Waals surface area (Å²) < 4.78 is 0. The molecule has 0 aliphatic carbocycles. The Morgan fingerprint density at radius 2 is 1.44 bits per heavy atom. The van der Waals surface area contributed by atoms with Crippen LogP contribution in [-0.2, 0) is 6.42 Å². The summed E-state index contributed by atoms with van der Waals surface area (Å²) >= 11 is 8.92. The first kappa shape index (κ1) is 16.0. The van der Waals surface area contributed by atoms with Crippen molar-refractivity contribution < 1.29 is 0 Å². The third kappa shape index (κ3) is 6.19. The van der Waals surface area contributed by atoms with Gasteiger partial charge in [-0.05, 0) is 24.5 Å². The van der Waals surface area contributed by atoms with Crippen molar-refractivity contribution in [3.63, 3.8) is 0 Å². The predicted octanol–water partition coefficient (Wildman–Crippen LogP) is 5.95. The van der Waals surface area contributed by atoms with Gasteiger partial charge in [-0.15, -0.1) is 25.3 Å². The molecular formula is C16H26S2. The van der Waals surface area contributed by atoms with E-state index in [9.17, 15) is 0 Å². The lowest BCUT2D eigenvalue weighted by Gasteiger charge is -2.07. The lowest BCUT2D eigenvalue weighted by molar-refractivity contribution is 0.574. The molecule has 1 aromatic carbocycles. The highest BCUT2D eigenvalue weighted by atomic mass is 32.1. The van der Waals surface area contributed by atoms with Crippen molar-refractivity contribution in [3.8, 4) is 0 Å². The molecule has 0 saturated heterocycles. The summed E-state index contributed by atoms with van der Waals surface area (Å²) in [5.41, 5.74) is 1.34. The van der Waals surface area contributed by atoms with E-state index in [2.05, 4.69) is 44.3 Å². The standard InChI is InChI=1S/C16H26S2/c1-2-3-4-5-6-7-8-9-11-14-12-10-13-15(17)16(14)18/h10,12-13,17-18H,2-9,11H2,1H3. The molecular weight excluding hydrogens is 256 g/mol. The average molecular weight is 283 g/mol. The van der Waals surface area contributed by atoms with Crippen LogP contribution in [0.15, 0.2) is 28.0 Å². The zero-order valence-electron chi connectivity index (χ0n) is 11.5. The van der Waals surface area contributed by atoms with E-state index in [1.807, 2.05) is 6.07 Å². The Balaban J connectivity index is 2.09. The second-order valence-electron chi connectivity index (χ2n) is 5.01. The van der Waals surface area contributed by atoms with Gasteiger partial charge in [0.1, 0.15) is 0 Å². The van der Waals surface area contributed by atoms with E-state index < -0.39 is 0 Å². The lowest BCUT2D eigenvalue weighted by Crippen LogP contribution is -1.89. The maximum absolute atomic E-state index is 4.52. The summed E-state index contributed by atoms with van der Waals surface area (Å²) in [5.74, 6) is 0. The van der Waals surface area contributed by atoms with Gasteiger partial charge in [-0.2, -0.15) is 0 Å². The quantitative estimate of drug-likeness (QED) is 0.406. The molecule has 0 unspecified atom stereocenters. The van der Waals surface area contributed by atoms with E-state index in [1.54, 1.807) is 0 Å². The fraction of sp³-hybridized carbons (Fsp3) is 0.625. The Kier molecular flexibility index (Phi) is 8.70.